The maximum Gasteiger partial charge on any atom is 0.244 e. The topological polar surface area (TPSA) is 61.4 Å². The molecule has 1 heterocycles. The largest absolute Gasteiger partial charge is 0.334 e. The first-order valence-electron chi connectivity index (χ1n) is 9.35. The van der Waals surface area contributed by atoms with Gasteiger partial charge >= 0.3 is 0 Å². The molecule has 1 fully saturated rings. The summed E-state index contributed by atoms with van der Waals surface area (Å²) in [6.07, 6.45) is 3.75. The van der Waals surface area contributed by atoms with Crippen LogP contribution in [0.25, 0.3) is 0 Å². The molecule has 2 amide bonds. The van der Waals surface area contributed by atoms with E-state index in [2.05, 4.69) is 10.6 Å². The molecule has 2 N–H and O–H groups in total. The van der Waals surface area contributed by atoms with Crippen LogP contribution in [0, 0.1) is 19.8 Å². The SMILES string of the molecule is CCN(CC(=O)Nc1c(C)cccc1C)C(=O)CCC1CCNCC1.Cl. The molecule has 0 aromatic heterocycles. The Balaban J connectivity index is 0.00000338. The lowest BCUT2D eigenvalue weighted by atomic mass is 9.93. The maximum absolute atomic E-state index is 12.5. The molecule has 0 bridgehead atoms. The van der Waals surface area contributed by atoms with Crippen molar-refractivity contribution >= 4 is 29.9 Å². The van der Waals surface area contributed by atoms with Gasteiger partial charge in [0.1, 0.15) is 0 Å². The van der Waals surface area contributed by atoms with Gasteiger partial charge in [0.25, 0.3) is 0 Å². The molecule has 1 aromatic carbocycles. The van der Waals surface area contributed by atoms with E-state index in [-0.39, 0.29) is 30.8 Å². The number of nitrogens with one attached hydrogen (secondary N) is 2. The fourth-order valence-electron chi connectivity index (χ4n) is 3.40. The molecular weight excluding hydrogens is 350 g/mol. The number of para-hydroxylation sites is 1. The van der Waals surface area contributed by atoms with Crippen molar-refractivity contribution in [3.05, 3.63) is 29.3 Å². The molecule has 0 saturated carbocycles. The lowest BCUT2D eigenvalue weighted by Crippen LogP contribution is -2.38. The normalized spacial score (nSPS) is 14.4. The summed E-state index contributed by atoms with van der Waals surface area (Å²) in [4.78, 5) is 26.5. The van der Waals surface area contributed by atoms with Gasteiger partial charge in [0.2, 0.25) is 11.8 Å². The average Bonchev–Trinajstić information content (AvgIpc) is 2.61. The first kappa shape index (κ1) is 22.5. The number of nitrogens with zero attached hydrogens (tertiary/aromatic N) is 1. The second kappa shape index (κ2) is 11.2. The minimum absolute atomic E-state index is 0. The van der Waals surface area contributed by atoms with Gasteiger partial charge in [0, 0.05) is 18.7 Å². The number of carbonyl (C=O) groups excluding carboxylic acids is 2. The molecule has 1 aliphatic heterocycles. The third kappa shape index (κ3) is 6.61. The van der Waals surface area contributed by atoms with E-state index in [0.29, 0.717) is 18.9 Å². The summed E-state index contributed by atoms with van der Waals surface area (Å²) in [5.41, 5.74) is 2.92. The van der Waals surface area contributed by atoms with Gasteiger partial charge < -0.3 is 15.5 Å². The van der Waals surface area contributed by atoms with Crippen LogP contribution >= 0.6 is 12.4 Å². The van der Waals surface area contributed by atoms with Crippen LogP contribution in [0.2, 0.25) is 0 Å². The summed E-state index contributed by atoms with van der Waals surface area (Å²) in [6.45, 7) is 8.66. The molecule has 0 radical (unpaired) electrons. The summed E-state index contributed by atoms with van der Waals surface area (Å²) < 4.78 is 0. The predicted molar refractivity (Wildman–Crippen MR) is 109 cm³/mol. The Labute approximate surface area is 163 Å². The number of piperidine rings is 1. The average molecular weight is 382 g/mol. The summed E-state index contributed by atoms with van der Waals surface area (Å²) in [7, 11) is 0. The highest BCUT2D eigenvalue weighted by molar-refractivity contribution is 5.95. The second-order valence-corrected chi connectivity index (χ2v) is 6.95. The zero-order valence-electron chi connectivity index (χ0n) is 16.1. The smallest absolute Gasteiger partial charge is 0.244 e. The zero-order valence-corrected chi connectivity index (χ0v) is 17.0. The molecule has 1 saturated heterocycles. The fraction of sp³-hybridized carbons (Fsp3) is 0.600. The van der Waals surface area contributed by atoms with Crippen molar-refractivity contribution in [1.82, 2.24) is 10.2 Å². The van der Waals surface area contributed by atoms with Gasteiger partial charge in [-0.15, -0.1) is 12.4 Å². The number of benzene rings is 1. The highest BCUT2D eigenvalue weighted by Gasteiger charge is 2.19. The molecule has 1 aliphatic rings. The Bertz CT molecular complexity index is 580. The lowest BCUT2D eigenvalue weighted by molar-refractivity contribution is -0.134. The van der Waals surface area contributed by atoms with E-state index in [1.807, 2.05) is 39.0 Å². The van der Waals surface area contributed by atoms with Crippen LogP contribution in [0.3, 0.4) is 0 Å². The van der Waals surface area contributed by atoms with Crippen LogP contribution in [0.15, 0.2) is 18.2 Å². The number of halogens is 1. The maximum atomic E-state index is 12.5. The fourth-order valence-corrected chi connectivity index (χ4v) is 3.40. The number of likely N-dealkylation sites (N-methyl/N-ethyl adjacent to an activating group) is 1. The third-order valence-corrected chi connectivity index (χ3v) is 5.04. The van der Waals surface area contributed by atoms with Crippen molar-refractivity contribution in [2.75, 3.05) is 31.5 Å². The third-order valence-electron chi connectivity index (χ3n) is 5.04. The number of carbonyl (C=O) groups is 2. The van der Waals surface area contributed by atoms with Crippen molar-refractivity contribution in [2.24, 2.45) is 5.92 Å². The summed E-state index contributed by atoms with van der Waals surface area (Å²) in [6, 6.07) is 5.93. The molecule has 6 heteroatoms. The van der Waals surface area contributed by atoms with Crippen molar-refractivity contribution in [3.63, 3.8) is 0 Å². The number of rotatable bonds is 7. The van der Waals surface area contributed by atoms with E-state index in [0.717, 1.165) is 49.2 Å². The van der Waals surface area contributed by atoms with Gasteiger partial charge in [-0.25, -0.2) is 0 Å². The Morgan fingerprint density at radius 1 is 1.19 bits per heavy atom. The van der Waals surface area contributed by atoms with Crippen LogP contribution in [0.5, 0.6) is 0 Å². The minimum Gasteiger partial charge on any atom is -0.334 e. The van der Waals surface area contributed by atoms with Crippen LogP contribution < -0.4 is 10.6 Å². The van der Waals surface area contributed by atoms with Gasteiger partial charge in [-0.3, -0.25) is 9.59 Å². The van der Waals surface area contributed by atoms with Gasteiger partial charge in [0.05, 0.1) is 6.54 Å². The Kier molecular flexibility index (Phi) is 9.66. The van der Waals surface area contributed by atoms with Crippen LogP contribution in [0.1, 0.15) is 43.7 Å². The van der Waals surface area contributed by atoms with Crippen molar-refractivity contribution in [2.45, 2.75) is 46.5 Å². The van der Waals surface area contributed by atoms with Crippen molar-refractivity contribution < 1.29 is 9.59 Å². The highest BCUT2D eigenvalue weighted by Crippen LogP contribution is 2.20. The molecule has 146 valence electrons. The molecule has 0 atom stereocenters. The monoisotopic (exact) mass is 381 g/mol. The molecule has 1 aromatic rings. The van der Waals surface area contributed by atoms with Crippen LogP contribution in [-0.4, -0.2) is 42.9 Å². The van der Waals surface area contributed by atoms with E-state index in [1.165, 1.54) is 0 Å². The number of aryl methyl sites for hydroxylation is 2. The summed E-state index contributed by atoms with van der Waals surface area (Å²) >= 11 is 0. The standard InChI is InChI=1S/C20H31N3O2.ClH/c1-4-23(19(25)9-8-17-10-12-21-13-11-17)14-18(24)22-20-15(2)6-5-7-16(20)3;/h5-7,17,21H,4,8-14H2,1-3H3,(H,22,24);1H. The number of hydrogen-bond acceptors (Lipinski definition) is 3. The number of anilines is 1. The molecule has 0 unspecified atom stereocenters. The van der Waals surface area contributed by atoms with Crippen molar-refractivity contribution in [3.8, 4) is 0 Å². The second-order valence-electron chi connectivity index (χ2n) is 6.95. The molecule has 26 heavy (non-hydrogen) atoms. The Hall–Kier alpha value is -1.59. The van der Waals surface area contributed by atoms with E-state index < -0.39 is 0 Å². The Morgan fingerprint density at radius 3 is 2.38 bits per heavy atom. The van der Waals surface area contributed by atoms with E-state index in [4.69, 9.17) is 0 Å². The minimum atomic E-state index is -0.130. The summed E-state index contributed by atoms with van der Waals surface area (Å²) in [5.74, 6) is 0.583. The molecular formula is C20H32ClN3O2. The first-order valence-corrected chi connectivity index (χ1v) is 9.35. The molecule has 2 rings (SSSR count). The van der Waals surface area contributed by atoms with Crippen LogP contribution in [0.4, 0.5) is 5.69 Å². The molecule has 0 spiro atoms. The van der Waals surface area contributed by atoms with Crippen LogP contribution in [-0.2, 0) is 9.59 Å². The zero-order chi connectivity index (χ0) is 18.2. The summed E-state index contributed by atoms with van der Waals surface area (Å²) in [5, 5.41) is 6.31. The number of amides is 2. The highest BCUT2D eigenvalue weighted by atomic mass is 35.5. The first-order chi connectivity index (χ1) is 12.0. The van der Waals surface area contributed by atoms with Gasteiger partial charge in [-0.05, 0) is 70.2 Å². The number of hydrogen-bond donors (Lipinski definition) is 2. The molecule has 5 nitrogen and oxygen atoms in total. The van der Waals surface area contributed by atoms with Crippen molar-refractivity contribution in [1.29, 1.82) is 0 Å². The lowest BCUT2D eigenvalue weighted by Gasteiger charge is -2.25. The Morgan fingerprint density at radius 2 is 1.81 bits per heavy atom. The van der Waals surface area contributed by atoms with E-state index in [1.54, 1.807) is 4.90 Å². The van der Waals surface area contributed by atoms with Gasteiger partial charge in [-0.1, -0.05) is 18.2 Å². The van der Waals surface area contributed by atoms with E-state index in [9.17, 15) is 9.59 Å². The predicted octanol–water partition coefficient (Wildman–Crippen LogP) is 3.29. The molecule has 0 aliphatic carbocycles. The van der Waals surface area contributed by atoms with Gasteiger partial charge in [0.15, 0.2) is 0 Å². The van der Waals surface area contributed by atoms with E-state index >= 15 is 0 Å². The quantitative estimate of drug-likeness (QED) is 0.761. The van der Waals surface area contributed by atoms with Gasteiger partial charge in [-0.2, -0.15) is 0 Å².